The fourth-order valence-corrected chi connectivity index (χ4v) is 6.99. The zero-order chi connectivity index (χ0) is 23.2. The van der Waals surface area contributed by atoms with Crippen molar-refractivity contribution < 1.29 is 24.6 Å². The number of aromatic nitrogens is 5. The number of tetrazole rings is 1. The number of nitrogens with two attached hydrogens (primary N) is 1. The Balaban J connectivity index is 1.40. The summed E-state index contributed by atoms with van der Waals surface area (Å²) in [6, 6.07) is -0.890. The minimum atomic E-state index is -1.68. The normalized spacial score (nSPS) is 25.7. The predicted octanol–water partition coefficient (Wildman–Crippen LogP) is -0.801. The Morgan fingerprint density at radius 1 is 1.50 bits per heavy atom. The Hall–Kier alpha value is -2.14. The molecule has 0 radical (unpaired) electrons. The van der Waals surface area contributed by atoms with Gasteiger partial charge < -0.3 is 26.2 Å². The summed E-state index contributed by atoms with van der Waals surface area (Å²) >= 11 is 9.30. The summed E-state index contributed by atoms with van der Waals surface area (Å²) in [5.41, 5.74) is 4.26. The fourth-order valence-electron chi connectivity index (χ4n) is 3.31. The highest BCUT2D eigenvalue weighted by Crippen LogP contribution is 2.44. The average molecular weight is 521 g/mol. The fraction of sp³-hybridized carbons (Fsp3) is 0.533. The minimum Gasteiger partial charge on any atom is -0.481 e. The number of nitrogen functional groups attached to an aromatic ring is 1. The van der Waals surface area contributed by atoms with Crippen LogP contribution in [0.1, 0.15) is 11.8 Å². The van der Waals surface area contributed by atoms with Crippen molar-refractivity contribution >= 4 is 69.4 Å². The molecule has 0 spiro atoms. The van der Waals surface area contributed by atoms with Gasteiger partial charge in [0.25, 0.3) is 5.91 Å². The molecule has 2 amide bonds. The number of thioether (sulfide) groups is 2. The third kappa shape index (κ3) is 4.00. The number of fused-ring (bicyclic) bond motifs is 1. The van der Waals surface area contributed by atoms with Gasteiger partial charge in [0.05, 0.1) is 0 Å². The van der Waals surface area contributed by atoms with Crippen LogP contribution in [0.25, 0.3) is 0 Å². The lowest BCUT2D eigenvalue weighted by Crippen LogP contribution is -2.74. The summed E-state index contributed by atoms with van der Waals surface area (Å²) < 4.78 is 1.52. The van der Waals surface area contributed by atoms with Crippen molar-refractivity contribution in [1.82, 2.24) is 35.4 Å². The molecular formula is C15H17ClN8O5S3. The van der Waals surface area contributed by atoms with Gasteiger partial charge in [-0.05, 0) is 10.4 Å². The van der Waals surface area contributed by atoms with Crippen LogP contribution in [0.3, 0.4) is 0 Å². The molecule has 0 aromatic carbocycles. The first-order chi connectivity index (χ1) is 15.1. The number of aliphatic hydroxyl groups is 1. The molecule has 13 nitrogen and oxygen atoms in total. The summed E-state index contributed by atoms with van der Waals surface area (Å²) in [5, 5.41) is 33.8. The molecule has 0 bridgehead atoms. The van der Waals surface area contributed by atoms with Crippen LogP contribution in [-0.4, -0.2) is 87.6 Å². The van der Waals surface area contributed by atoms with E-state index in [-0.39, 0.29) is 33.2 Å². The van der Waals surface area contributed by atoms with Gasteiger partial charge in [0.15, 0.2) is 11.2 Å². The maximum Gasteiger partial charge on any atom is 0.313 e. The van der Waals surface area contributed by atoms with Gasteiger partial charge in [-0.2, -0.15) is 0 Å². The standard InChI is InChI=1S/C15H17ClN8O5S3/c1-23-14(20-21-22-23)31-4-15(12(28)29)2-24-10(27)6(11(24)30-3-15)18-9(26)7(25)5-8(16)32-13(17)19-5/h6-7,11,25H,2-4H2,1H3,(H2,17,19)(H,18,26)(H,28,29)/t6?,7?,11-,15?/m1/s1. The van der Waals surface area contributed by atoms with Crippen molar-refractivity contribution in [2.24, 2.45) is 12.5 Å². The first kappa shape index (κ1) is 23.0. The topological polar surface area (TPSA) is 189 Å². The molecule has 2 aromatic heterocycles. The van der Waals surface area contributed by atoms with Gasteiger partial charge in [-0.1, -0.05) is 34.7 Å². The number of β-lactam (4-membered cyclic amide) rings is 1. The van der Waals surface area contributed by atoms with E-state index < -0.39 is 40.7 Å². The summed E-state index contributed by atoms with van der Waals surface area (Å²) in [4.78, 5) is 42.5. The van der Waals surface area contributed by atoms with E-state index in [0.717, 1.165) is 11.3 Å². The van der Waals surface area contributed by atoms with Crippen molar-refractivity contribution in [3.05, 3.63) is 10.0 Å². The molecule has 2 aliphatic rings. The number of amides is 2. The molecule has 172 valence electrons. The van der Waals surface area contributed by atoms with E-state index in [2.05, 4.69) is 25.8 Å². The molecule has 3 unspecified atom stereocenters. The second-order valence-electron chi connectivity index (χ2n) is 7.23. The van der Waals surface area contributed by atoms with Gasteiger partial charge in [0.1, 0.15) is 26.9 Å². The predicted molar refractivity (Wildman–Crippen MR) is 116 cm³/mol. The molecule has 2 aliphatic heterocycles. The number of carbonyl (C=O) groups excluding carboxylic acids is 2. The first-order valence-electron chi connectivity index (χ1n) is 9.04. The second kappa shape index (κ2) is 8.66. The van der Waals surface area contributed by atoms with Crippen LogP contribution in [0.5, 0.6) is 0 Å². The Bertz CT molecular complexity index is 1080. The molecule has 4 atom stereocenters. The van der Waals surface area contributed by atoms with Gasteiger partial charge in [-0.25, -0.2) is 9.67 Å². The quantitative estimate of drug-likeness (QED) is 0.263. The second-order valence-corrected chi connectivity index (χ2v) is 10.9. The number of hydrogen-bond acceptors (Lipinski definition) is 12. The zero-order valence-electron chi connectivity index (χ0n) is 16.3. The van der Waals surface area contributed by atoms with Crippen molar-refractivity contribution in [1.29, 1.82) is 0 Å². The molecule has 5 N–H and O–H groups in total. The molecule has 32 heavy (non-hydrogen) atoms. The Morgan fingerprint density at radius 3 is 2.84 bits per heavy atom. The number of hydrogen-bond donors (Lipinski definition) is 4. The van der Waals surface area contributed by atoms with E-state index in [1.54, 1.807) is 7.05 Å². The highest BCUT2D eigenvalue weighted by molar-refractivity contribution is 8.00. The van der Waals surface area contributed by atoms with Crippen LogP contribution in [0.4, 0.5) is 5.13 Å². The number of nitrogens with zero attached hydrogens (tertiary/aromatic N) is 6. The molecule has 0 saturated carbocycles. The zero-order valence-corrected chi connectivity index (χ0v) is 19.5. The van der Waals surface area contributed by atoms with Crippen molar-refractivity contribution in [2.45, 2.75) is 22.7 Å². The number of carboxylic acids is 1. The molecule has 2 aromatic rings. The van der Waals surface area contributed by atoms with Crippen LogP contribution in [0.2, 0.25) is 4.34 Å². The maximum absolute atomic E-state index is 12.7. The summed E-state index contributed by atoms with van der Waals surface area (Å²) in [6.07, 6.45) is -1.68. The van der Waals surface area contributed by atoms with Crippen molar-refractivity contribution in [2.75, 3.05) is 23.8 Å². The largest absolute Gasteiger partial charge is 0.481 e. The van der Waals surface area contributed by atoms with Gasteiger partial charge in [0, 0.05) is 25.1 Å². The third-order valence-electron chi connectivity index (χ3n) is 5.09. The number of anilines is 1. The Labute approximate surface area is 198 Å². The Kier molecular flexibility index (Phi) is 6.23. The maximum atomic E-state index is 12.7. The minimum absolute atomic E-state index is 0.0134. The van der Waals surface area contributed by atoms with E-state index >= 15 is 0 Å². The van der Waals surface area contributed by atoms with Crippen LogP contribution in [0.15, 0.2) is 5.16 Å². The lowest BCUT2D eigenvalue weighted by Gasteiger charge is -2.53. The number of halogens is 1. The number of carboxylic acid groups (broad SMARTS) is 1. The summed E-state index contributed by atoms with van der Waals surface area (Å²) in [7, 11) is 1.65. The molecule has 4 heterocycles. The molecule has 2 saturated heterocycles. The third-order valence-corrected chi connectivity index (χ3v) is 9.09. The molecule has 2 fully saturated rings. The van der Waals surface area contributed by atoms with Gasteiger partial charge in [-0.15, -0.1) is 16.9 Å². The number of aliphatic hydroxyl groups excluding tert-OH is 1. The first-order valence-corrected chi connectivity index (χ1v) is 12.3. The molecule has 0 aliphatic carbocycles. The van der Waals surface area contributed by atoms with Gasteiger partial charge in [-0.3, -0.25) is 14.4 Å². The van der Waals surface area contributed by atoms with Crippen molar-refractivity contribution in [3.8, 4) is 0 Å². The van der Waals surface area contributed by atoms with E-state index in [1.165, 1.54) is 33.1 Å². The molecule has 17 heteroatoms. The van der Waals surface area contributed by atoms with Crippen LogP contribution >= 0.6 is 46.5 Å². The van der Waals surface area contributed by atoms with Crippen molar-refractivity contribution in [3.63, 3.8) is 0 Å². The Morgan fingerprint density at radius 2 is 2.25 bits per heavy atom. The van der Waals surface area contributed by atoms with E-state index in [1.807, 2.05) is 0 Å². The monoisotopic (exact) mass is 520 g/mol. The summed E-state index contributed by atoms with van der Waals surface area (Å²) in [5.74, 6) is -1.91. The van der Waals surface area contributed by atoms with Crippen LogP contribution < -0.4 is 11.1 Å². The molecule has 4 rings (SSSR count). The number of nitrogens with one attached hydrogen (secondary N) is 1. The number of aliphatic carboxylic acids is 1. The number of aryl methyl sites for hydroxylation is 1. The lowest BCUT2D eigenvalue weighted by atomic mass is 9.89. The number of carbonyl (C=O) groups is 3. The van der Waals surface area contributed by atoms with Gasteiger partial charge >= 0.3 is 5.97 Å². The van der Waals surface area contributed by atoms with E-state index in [9.17, 15) is 24.6 Å². The lowest BCUT2D eigenvalue weighted by molar-refractivity contribution is -0.158. The highest BCUT2D eigenvalue weighted by Gasteiger charge is 2.57. The summed E-state index contributed by atoms with van der Waals surface area (Å²) in [6.45, 7) is -0.0134. The highest BCUT2D eigenvalue weighted by atomic mass is 35.5. The van der Waals surface area contributed by atoms with E-state index in [4.69, 9.17) is 17.3 Å². The van der Waals surface area contributed by atoms with Crippen LogP contribution in [0, 0.1) is 5.41 Å². The smallest absolute Gasteiger partial charge is 0.313 e. The average Bonchev–Trinajstić information content (AvgIpc) is 3.32. The van der Waals surface area contributed by atoms with Gasteiger partial charge in [0.2, 0.25) is 11.1 Å². The number of rotatable bonds is 7. The van der Waals surface area contributed by atoms with E-state index in [0.29, 0.717) is 5.16 Å². The number of thiazole rings is 1. The molecular weight excluding hydrogens is 504 g/mol. The SMILES string of the molecule is Cn1nnnc1SCC1(C(=O)O)CS[C@@H]2C(NC(=O)C(O)c3nc(N)sc3Cl)C(=O)N2C1. The van der Waals surface area contributed by atoms with Crippen LogP contribution in [-0.2, 0) is 21.4 Å².